The quantitative estimate of drug-likeness (QED) is 0.753. The van der Waals surface area contributed by atoms with E-state index >= 15 is 0 Å². The molecule has 3 rings (SSSR count). The molecule has 0 bridgehead atoms. The molecule has 2 aromatic carbocycles. The van der Waals surface area contributed by atoms with Crippen molar-refractivity contribution in [3.8, 4) is 5.75 Å². The first-order valence-corrected chi connectivity index (χ1v) is 11.5. The molecule has 0 atom stereocenters. The van der Waals surface area contributed by atoms with Crippen molar-refractivity contribution in [2.24, 2.45) is 0 Å². The Labute approximate surface area is 160 Å². The molecule has 1 fully saturated rings. The minimum Gasteiger partial charge on any atom is -0.497 e. The van der Waals surface area contributed by atoms with Gasteiger partial charge in [-0.15, -0.1) is 0 Å². The lowest BCUT2D eigenvalue weighted by atomic mass is 10.2. The van der Waals surface area contributed by atoms with E-state index in [0.29, 0.717) is 18.8 Å². The summed E-state index contributed by atoms with van der Waals surface area (Å²) in [6, 6.07) is 12.5. The zero-order chi connectivity index (χ0) is 19.5. The molecule has 1 saturated heterocycles. The summed E-state index contributed by atoms with van der Waals surface area (Å²) in [6.45, 7) is 1.00. The molecule has 0 spiro atoms. The highest BCUT2D eigenvalue weighted by Gasteiger charge is 2.28. The van der Waals surface area contributed by atoms with Gasteiger partial charge in [-0.25, -0.2) is 21.6 Å². The number of hydrogen-bond donors (Lipinski definition) is 1. The number of rotatable bonds is 7. The average molecular weight is 411 g/mol. The largest absolute Gasteiger partial charge is 0.497 e. The fourth-order valence-corrected chi connectivity index (χ4v) is 5.62. The van der Waals surface area contributed by atoms with Gasteiger partial charge in [0, 0.05) is 19.6 Å². The Morgan fingerprint density at radius 2 is 1.63 bits per heavy atom. The van der Waals surface area contributed by atoms with E-state index in [1.54, 1.807) is 24.3 Å². The van der Waals surface area contributed by atoms with Crippen LogP contribution in [0.5, 0.6) is 5.75 Å². The molecule has 1 N–H and O–H groups in total. The van der Waals surface area contributed by atoms with Crippen LogP contribution in [0.2, 0.25) is 0 Å². The van der Waals surface area contributed by atoms with Crippen LogP contribution in [0.25, 0.3) is 0 Å². The number of sulfonamides is 2. The summed E-state index contributed by atoms with van der Waals surface area (Å²) >= 11 is 0. The SMILES string of the molecule is COc1cccc(CNS(=O)(=O)c2cccc(S(=O)(=O)N3CCCC3)c2)c1. The monoisotopic (exact) mass is 410 g/mol. The van der Waals surface area contributed by atoms with E-state index in [-0.39, 0.29) is 16.3 Å². The first kappa shape index (κ1) is 19.8. The van der Waals surface area contributed by atoms with Gasteiger partial charge in [-0.2, -0.15) is 4.31 Å². The Hall–Kier alpha value is -1.94. The van der Waals surface area contributed by atoms with Gasteiger partial charge >= 0.3 is 0 Å². The fraction of sp³-hybridized carbons (Fsp3) is 0.333. The molecule has 2 aromatic rings. The number of benzene rings is 2. The van der Waals surface area contributed by atoms with Gasteiger partial charge in [0.25, 0.3) is 0 Å². The van der Waals surface area contributed by atoms with Gasteiger partial charge < -0.3 is 4.74 Å². The smallest absolute Gasteiger partial charge is 0.243 e. The van der Waals surface area contributed by atoms with E-state index < -0.39 is 20.0 Å². The number of methoxy groups -OCH3 is 1. The maximum atomic E-state index is 12.7. The fourth-order valence-electron chi connectivity index (χ4n) is 2.92. The molecular weight excluding hydrogens is 388 g/mol. The predicted octanol–water partition coefficient (Wildman–Crippen LogP) is 1.96. The molecule has 27 heavy (non-hydrogen) atoms. The molecule has 0 aromatic heterocycles. The van der Waals surface area contributed by atoms with Crippen LogP contribution in [0.4, 0.5) is 0 Å². The molecule has 146 valence electrons. The summed E-state index contributed by atoms with van der Waals surface area (Å²) < 4.78 is 59.6. The Kier molecular flexibility index (Phi) is 5.85. The molecule has 0 unspecified atom stereocenters. The molecule has 0 saturated carbocycles. The van der Waals surface area contributed by atoms with Crippen LogP contribution in [-0.4, -0.2) is 41.3 Å². The second kappa shape index (κ2) is 7.97. The van der Waals surface area contributed by atoms with Crippen LogP contribution in [0, 0.1) is 0 Å². The number of nitrogens with one attached hydrogen (secondary N) is 1. The highest BCUT2D eigenvalue weighted by atomic mass is 32.2. The molecule has 0 aliphatic carbocycles. The number of nitrogens with zero attached hydrogens (tertiary/aromatic N) is 1. The zero-order valence-corrected chi connectivity index (χ0v) is 16.6. The topological polar surface area (TPSA) is 92.8 Å². The maximum absolute atomic E-state index is 12.7. The van der Waals surface area contributed by atoms with Gasteiger partial charge in [0.15, 0.2) is 0 Å². The molecule has 1 aliphatic heterocycles. The lowest BCUT2D eigenvalue weighted by Crippen LogP contribution is -2.28. The summed E-state index contributed by atoms with van der Waals surface area (Å²) in [7, 11) is -5.99. The van der Waals surface area contributed by atoms with Crippen LogP contribution < -0.4 is 9.46 Å². The van der Waals surface area contributed by atoms with Crippen molar-refractivity contribution in [2.45, 2.75) is 29.2 Å². The van der Waals surface area contributed by atoms with Gasteiger partial charge in [0.1, 0.15) is 5.75 Å². The average Bonchev–Trinajstić information content (AvgIpc) is 3.22. The summed E-state index contributed by atoms with van der Waals surface area (Å²) in [5.41, 5.74) is 0.735. The van der Waals surface area contributed by atoms with Gasteiger partial charge in [-0.05, 0) is 48.7 Å². The Balaban J connectivity index is 1.80. The van der Waals surface area contributed by atoms with Crippen LogP contribution in [0.3, 0.4) is 0 Å². The maximum Gasteiger partial charge on any atom is 0.243 e. The number of ether oxygens (including phenoxy) is 1. The third kappa shape index (κ3) is 4.49. The van der Waals surface area contributed by atoms with Crippen molar-refractivity contribution < 1.29 is 21.6 Å². The van der Waals surface area contributed by atoms with E-state index in [1.807, 2.05) is 0 Å². The summed E-state index contributed by atoms with van der Waals surface area (Å²) in [5.74, 6) is 0.630. The number of hydrogen-bond acceptors (Lipinski definition) is 5. The van der Waals surface area contributed by atoms with Crippen LogP contribution in [-0.2, 0) is 26.6 Å². The lowest BCUT2D eigenvalue weighted by molar-refractivity contribution is 0.414. The molecule has 0 amide bonds. The van der Waals surface area contributed by atoms with Crippen LogP contribution in [0.15, 0.2) is 58.3 Å². The summed E-state index contributed by atoms with van der Waals surface area (Å²) in [5, 5.41) is 0. The van der Waals surface area contributed by atoms with E-state index in [0.717, 1.165) is 18.4 Å². The van der Waals surface area contributed by atoms with Gasteiger partial charge in [-0.3, -0.25) is 0 Å². The highest BCUT2D eigenvalue weighted by Crippen LogP contribution is 2.23. The lowest BCUT2D eigenvalue weighted by Gasteiger charge is -2.16. The molecular formula is C18H22N2O5S2. The van der Waals surface area contributed by atoms with Crippen LogP contribution in [0.1, 0.15) is 18.4 Å². The van der Waals surface area contributed by atoms with Crippen molar-refractivity contribution in [2.75, 3.05) is 20.2 Å². The van der Waals surface area contributed by atoms with Crippen LogP contribution >= 0.6 is 0 Å². The molecule has 9 heteroatoms. The van der Waals surface area contributed by atoms with E-state index in [4.69, 9.17) is 4.74 Å². The molecule has 0 radical (unpaired) electrons. The normalized spacial score (nSPS) is 15.7. The minimum atomic E-state index is -3.86. The minimum absolute atomic E-state index is 0.00587. The van der Waals surface area contributed by atoms with Gasteiger partial charge in [0.2, 0.25) is 20.0 Å². The standard InChI is InChI=1S/C18H22N2O5S2/c1-25-16-7-4-6-15(12-16)14-19-26(21,22)17-8-5-9-18(13-17)27(23,24)20-10-2-3-11-20/h4-9,12-13,19H,2-3,10-11,14H2,1H3. The Morgan fingerprint density at radius 1 is 0.963 bits per heavy atom. The summed E-state index contributed by atoms with van der Waals surface area (Å²) in [4.78, 5) is -0.0840. The molecule has 1 heterocycles. The second-order valence-electron chi connectivity index (χ2n) is 6.26. The van der Waals surface area contributed by atoms with E-state index in [1.165, 1.54) is 35.7 Å². The summed E-state index contributed by atoms with van der Waals surface area (Å²) in [6.07, 6.45) is 1.64. The van der Waals surface area contributed by atoms with Crippen molar-refractivity contribution in [1.82, 2.24) is 9.03 Å². The van der Waals surface area contributed by atoms with E-state index in [2.05, 4.69) is 4.72 Å². The Morgan fingerprint density at radius 3 is 2.33 bits per heavy atom. The van der Waals surface area contributed by atoms with Crippen molar-refractivity contribution in [3.05, 3.63) is 54.1 Å². The third-order valence-electron chi connectivity index (χ3n) is 4.42. The van der Waals surface area contributed by atoms with Gasteiger partial charge in [0.05, 0.1) is 16.9 Å². The van der Waals surface area contributed by atoms with Crippen molar-refractivity contribution in [1.29, 1.82) is 0 Å². The Bertz CT molecular complexity index is 1010. The van der Waals surface area contributed by atoms with Crippen molar-refractivity contribution >= 4 is 20.0 Å². The zero-order valence-electron chi connectivity index (χ0n) is 15.0. The van der Waals surface area contributed by atoms with Crippen molar-refractivity contribution in [3.63, 3.8) is 0 Å². The third-order valence-corrected chi connectivity index (χ3v) is 7.71. The van der Waals surface area contributed by atoms with Gasteiger partial charge in [-0.1, -0.05) is 18.2 Å². The molecule has 7 nitrogen and oxygen atoms in total. The first-order valence-electron chi connectivity index (χ1n) is 8.56. The second-order valence-corrected chi connectivity index (χ2v) is 9.97. The molecule has 1 aliphatic rings. The first-order chi connectivity index (χ1) is 12.8. The predicted molar refractivity (Wildman–Crippen MR) is 101 cm³/mol. The highest BCUT2D eigenvalue weighted by molar-refractivity contribution is 7.90. The van der Waals surface area contributed by atoms with E-state index in [9.17, 15) is 16.8 Å².